The molecule has 5 heteroatoms. The van der Waals surface area contributed by atoms with E-state index in [0.717, 1.165) is 52.3 Å². The van der Waals surface area contributed by atoms with Crippen LogP contribution in [0.1, 0.15) is 19.8 Å². The summed E-state index contributed by atoms with van der Waals surface area (Å²) in [4.78, 5) is 16.3. The Balaban J connectivity index is 1.58. The quantitative estimate of drug-likeness (QED) is 0.674. The van der Waals surface area contributed by atoms with Gasteiger partial charge in [-0.3, -0.25) is 9.69 Å². The molecule has 0 aromatic rings. The molecule has 2 aliphatic heterocycles. The molecule has 0 radical (unpaired) electrons. The van der Waals surface area contributed by atoms with Gasteiger partial charge in [0.1, 0.15) is 0 Å². The molecule has 104 valence electrons. The van der Waals surface area contributed by atoms with Crippen molar-refractivity contribution in [2.24, 2.45) is 0 Å². The largest absolute Gasteiger partial charge is 0.382 e. The van der Waals surface area contributed by atoms with Gasteiger partial charge < -0.3 is 15.0 Å². The Hall–Kier alpha value is -0.650. The third-order valence-electron chi connectivity index (χ3n) is 3.77. The fraction of sp³-hybridized carbons (Fsp3) is 0.923. The second-order valence-corrected chi connectivity index (χ2v) is 5.04. The minimum atomic E-state index is 0.293. The van der Waals surface area contributed by atoms with E-state index in [2.05, 4.69) is 10.2 Å². The smallest absolute Gasteiger partial charge is 0.222 e. The van der Waals surface area contributed by atoms with E-state index in [0.29, 0.717) is 25.0 Å². The number of hydrogen-bond acceptors (Lipinski definition) is 4. The molecule has 2 fully saturated rings. The van der Waals surface area contributed by atoms with Crippen molar-refractivity contribution in [1.82, 2.24) is 15.1 Å². The summed E-state index contributed by atoms with van der Waals surface area (Å²) in [6, 6.07) is 0.600. The highest BCUT2D eigenvalue weighted by Gasteiger charge is 2.34. The Morgan fingerprint density at radius 3 is 2.72 bits per heavy atom. The topological polar surface area (TPSA) is 44.8 Å². The van der Waals surface area contributed by atoms with Gasteiger partial charge in [-0.1, -0.05) is 0 Å². The van der Waals surface area contributed by atoms with E-state index >= 15 is 0 Å². The lowest BCUT2D eigenvalue weighted by Gasteiger charge is -2.46. The highest BCUT2D eigenvalue weighted by atomic mass is 16.5. The van der Waals surface area contributed by atoms with Crippen molar-refractivity contribution in [3.05, 3.63) is 0 Å². The highest BCUT2D eigenvalue weighted by Crippen LogP contribution is 2.16. The van der Waals surface area contributed by atoms with Crippen LogP contribution < -0.4 is 5.32 Å². The fourth-order valence-corrected chi connectivity index (χ4v) is 2.57. The molecule has 0 bridgehead atoms. The Morgan fingerprint density at radius 1 is 1.33 bits per heavy atom. The minimum Gasteiger partial charge on any atom is -0.382 e. The first-order valence-electron chi connectivity index (χ1n) is 7.11. The lowest BCUT2D eigenvalue weighted by atomic mass is 10.1. The molecular formula is C13H25N3O2. The summed E-state index contributed by atoms with van der Waals surface area (Å²) >= 11 is 0. The zero-order chi connectivity index (χ0) is 12.8. The predicted molar refractivity (Wildman–Crippen MR) is 70.5 cm³/mol. The molecule has 5 nitrogen and oxygen atoms in total. The number of carbonyl (C=O) groups is 1. The molecule has 0 aromatic carbocycles. The highest BCUT2D eigenvalue weighted by molar-refractivity contribution is 5.77. The number of nitrogens with zero attached hydrogens (tertiary/aromatic N) is 2. The second-order valence-electron chi connectivity index (χ2n) is 5.04. The van der Waals surface area contributed by atoms with E-state index in [4.69, 9.17) is 4.74 Å². The van der Waals surface area contributed by atoms with Crippen LogP contribution in [0.3, 0.4) is 0 Å². The Kier molecular flexibility index (Phi) is 5.41. The number of rotatable bonds is 6. The van der Waals surface area contributed by atoms with E-state index in [-0.39, 0.29) is 0 Å². The molecule has 0 spiro atoms. The van der Waals surface area contributed by atoms with Gasteiger partial charge in [0.2, 0.25) is 5.91 Å². The molecule has 2 rings (SSSR count). The average Bonchev–Trinajstić information content (AvgIpc) is 2.34. The van der Waals surface area contributed by atoms with Crippen LogP contribution in [0, 0.1) is 0 Å². The number of carbonyl (C=O) groups excluding carboxylic acids is 1. The van der Waals surface area contributed by atoms with Gasteiger partial charge in [0.05, 0.1) is 0 Å². The van der Waals surface area contributed by atoms with Gasteiger partial charge in [-0.05, 0) is 13.3 Å². The summed E-state index contributed by atoms with van der Waals surface area (Å²) < 4.78 is 5.25. The van der Waals surface area contributed by atoms with E-state index in [1.165, 1.54) is 0 Å². The lowest BCUT2D eigenvalue weighted by molar-refractivity contribution is -0.139. The third kappa shape index (κ3) is 3.67. The number of amides is 1. The van der Waals surface area contributed by atoms with Crippen LogP contribution in [0.25, 0.3) is 0 Å². The van der Waals surface area contributed by atoms with E-state index in [9.17, 15) is 4.79 Å². The van der Waals surface area contributed by atoms with Crippen molar-refractivity contribution in [3.63, 3.8) is 0 Å². The number of nitrogens with one attached hydrogen (secondary N) is 1. The lowest BCUT2D eigenvalue weighted by Crippen LogP contribution is -2.63. The van der Waals surface area contributed by atoms with Crippen LogP contribution in [-0.4, -0.2) is 74.2 Å². The normalized spacial score (nSPS) is 21.9. The molecule has 0 atom stereocenters. The maximum atomic E-state index is 11.9. The molecular weight excluding hydrogens is 230 g/mol. The Bertz CT molecular complexity index is 261. The van der Waals surface area contributed by atoms with Crippen molar-refractivity contribution >= 4 is 5.91 Å². The first-order chi connectivity index (χ1) is 8.81. The van der Waals surface area contributed by atoms with Gasteiger partial charge in [-0.25, -0.2) is 0 Å². The molecule has 1 N–H and O–H groups in total. The fourth-order valence-electron chi connectivity index (χ4n) is 2.57. The summed E-state index contributed by atoms with van der Waals surface area (Å²) in [5, 5.41) is 3.36. The SMILES string of the molecule is CCOCCCC(=O)N1CC(N2CCNCC2)C1. The van der Waals surface area contributed by atoms with Crippen molar-refractivity contribution < 1.29 is 9.53 Å². The predicted octanol–water partition coefficient (Wildman–Crippen LogP) is -0.0809. The molecule has 0 aliphatic carbocycles. The van der Waals surface area contributed by atoms with E-state index in [1.807, 2.05) is 11.8 Å². The molecule has 1 amide bonds. The molecule has 0 aromatic heterocycles. The van der Waals surface area contributed by atoms with Crippen LogP contribution in [0.4, 0.5) is 0 Å². The summed E-state index contributed by atoms with van der Waals surface area (Å²) in [5.41, 5.74) is 0. The zero-order valence-electron chi connectivity index (χ0n) is 11.4. The Labute approximate surface area is 109 Å². The van der Waals surface area contributed by atoms with E-state index in [1.54, 1.807) is 0 Å². The average molecular weight is 255 g/mol. The number of hydrogen-bond donors (Lipinski definition) is 1. The van der Waals surface area contributed by atoms with Crippen molar-refractivity contribution in [3.8, 4) is 0 Å². The second kappa shape index (κ2) is 7.07. The molecule has 2 heterocycles. The summed E-state index contributed by atoms with van der Waals surface area (Å²) in [6.45, 7) is 9.68. The molecule has 0 saturated carbocycles. The maximum absolute atomic E-state index is 11.9. The van der Waals surface area contributed by atoms with Gasteiger partial charge in [0, 0.05) is 64.9 Å². The van der Waals surface area contributed by atoms with Crippen LogP contribution in [-0.2, 0) is 9.53 Å². The molecule has 0 unspecified atom stereocenters. The van der Waals surface area contributed by atoms with Crippen LogP contribution >= 0.6 is 0 Å². The van der Waals surface area contributed by atoms with Crippen LogP contribution in [0.15, 0.2) is 0 Å². The van der Waals surface area contributed by atoms with Crippen molar-refractivity contribution in [1.29, 1.82) is 0 Å². The van der Waals surface area contributed by atoms with Crippen molar-refractivity contribution in [2.75, 3.05) is 52.5 Å². The van der Waals surface area contributed by atoms with Gasteiger partial charge in [-0.2, -0.15) is 0 Å². The standard InChI is InChI=1S/C13H25N3O2/c1-2-18-9-3-4-13(17)16-10-12(11-16)15-7-5-14-6-8-15/h12,14H,2-11H2,1H3. The minimum absolute atomic E-state index is 0.293. The monoisotopic (exact) mass is 255 g/mol. The summed E-state index contributed by atoms with van der Waals surface area (Å²) in [5.74, 6) is 0.293. The van der Waals surface area contributed by atoms with Crippen LogP contribution in [0.2, 0.25) is 0 Å². The van der Waals surface area contributed by atoms with Gasteiger partial charge in [0.15, 0.2) is 0 Å². The molecule has 2 aliphatic rings. The first kappa shape index (κ1) is 13.8. The number of likely N-dealkylation sites (tertiary alicyclic amines) is 1. The van der Waals surface area contributed by atoms with Gasteiger partial charge >= 0.3 is 0 Å². The number of piperazine rings is 1. The molecule has 2 saturated heterocycles. The van der Waals surface area contributed by atoms with Crippen molar-refractivity contribution in [2.45, 2.75) is 25.8 Å². The third-order valence-corrected chi connectivity index (χ3v) is 3.77. The summed E-state index contributed by atoms with van der Waals surface area (Å²) in [7, 11) is 0. The van der Waals surface area contributed by atoms with Gasteiger partial charge in [-0.15, -0.1) is 0 Å². The first-order valence-corrected chi connectivity index (χ1v) is 7.11. The van der Waals surface area contributed by atoms with Gasteiger partial charge in [0.25, 0.3) is 0 Å². The number of ether oxygens (including phenoxy) is 1. The molecule has 18 heavy (non-hydrogen) atoms. The Morgan fingerprint density at radius 2 is 2.06 bits per heavy atom. The summed E-state index contributed by atoms with van der Waals surface area (Å²) in [6.07, 6.45) is 1.48. The maximum Gasteiger partial charge on any atom is 0.222 e. The van der Waals surface area contributed by atoms with E-state index < -0.39 is 0 Å². The van der Waals surface area contributed by atoms with Crippen LogP contribution in [0.5, 0.6) is 0 Å². The zero-order valence-corrected chi connectivity index (χ0v) is 11.4.